The quantitative estimate of drug-likeness (QED) is 0.740. The van der Waals surface area contributed by atoms with Gasteiger partial charge in [0.05, 0.1) is 17.2 Å². The van der Waals surface area contributed by atoms with Gasteiger partial charge >= 0.3 is 0 Å². The van der Waals surface area contributed by atoms with Crippen LogP contribution in [0.2, 0.25) is 0 Å². The first-order valence-electron chi connectivity index (χ1n) is 6.91. The van der Waals surface area contributed by atoms with E-state index in [0.29, 0.717) is 17.8 Å². The van der Waals surface area contributed by atoms with Gasteiger partial charge in [-0.2, -0.15) is 0 Å². The zero-order valence-corrected chi connectivity index (χ0v) is 12.3. The normalized spacial score (nSPS) is 13.4. The van der Waals surface area contributed by atoms with Crippen molar-refractivity contribution in [3.8, 4) is 0 Å². The molecule has 0 aliphatic heterocycles. The smallest absolute Gasteiger partial charge is 0.253 e. The van der Waals surface area contributed by atoms with E-state index in [4.69, 9.17) is 5.73 Å². The average Bonchev–Trinajstić information content (AvgIpc) is 2.44. The molecular weight excluding hydrogens is 254 g/mol. The fraction of sp³-hybridized carbons (Fsp3) is 0.467. The van der Waals surface area contributed by atoms with E-state index in [-0.39, 0.29) is 23.8 Å². The van der Waals surface area contributed by atoms with Crippen LogP contribution >= 0.6 is 0 Å². The van der Waals surface area contributed by atoms with Crippen LogP contribution in [0.1, 0.15) is 37.6 Å². The second kappa shape index (κ2) is 7.65. The fourth-order valence-electron chi connectivity index (χ4n) is 1.61. The van der Waals surface area contributed by atoms with Crippen LogP contribution in [0.5, 0.6) is 0 Å². The molecule has 20 heavy (non-hydrogen) atoms. The van der Waals surface area contributed by atoms with Crippen molar-refractivity contribution in [3.63, 3.8) is 0 Å². The Morgan fingerprint density at radius 2 is 1.90 bits per heavy atom. The molecule has 1 aromatic carbocycles. The number of benzene rings is 1. The first kappa shape index (κ1) is 16.2. The number of hydrogen-bond donors (Lipinski definition) is 3. The van der Waals surface area contributed by atoms with Crippen molar-refractivity contribution in [2.45, 2.75) is 33.2 Å². The van der Waals surface area contributed by atoms with Crippen LogP contribution in [0.25, 0.3) is 0 Å². The molecule has 0 saturated heterocycles. The van der Waals surface area contributed by atoms with Gasteiger partial charge in [-0.3, -0.25) is 9.59 Å². The summed E-state index contributed by atoms with van der Waals surface area (Å²) in [5.41, 5.74) is 6.69. The third-order valence-corrected chi connectivity index (χ3v) is 3.17. The maximum Gasteiger partial charge on any atom is 0.253 e. The molecule has 2 atom stereocenters. The van der Waals surface area contributed by atoms with Crippen LogP contribution in [-0.4, -0.2) is 24.4 Å². The third-order valence-electron chi connectivity index (χ3n) is 3.17. The Balaban J connectivity index is 2.85. The topological polar surface area (TPSA) is 84.2 Å². The lowest BCUT2D eigenvalue weighted by Gasteiger charge is -2.17. The lowest BCUT2D eigenvalue weighted by molar-refractivity contribution is -0.119. The predicted molar refractivity (Wildman–Crippen MR) is 80.5 cm³/mol. The minimum atomic E-state index is -0.318. The van der Waals surface area contributed by atoms with E-state index in [2.05, 4.69) is 10.6 Å². The van der Waals surface area contributed by atoms with E-state index in [1.54, 1.807) is 38.1 Å². The van der Waals surface area contributed by atoms with Gasteiger partial charge in [-0.15, -0.1) is 0 Å². The number of carbonyl (C=O) groups is 2. The second-order valence-corrected chi connectivity index (χ2v) is 4.94. The maximum atomic E-state index is 12.0. The molecule has 2 unspecified atom stereocenters. The highest BCUT2D eigenvalue weighted by Crippen LogP contribution is 2.16. The van der Waals surface area contributed by atoms with Gasteiger partial charge < -0.3 is 16.4 Å². The molecule has 2 amide bonds. The number of anilines is 1. The Morgan fingerprint density at radius 3 is 2.50 bits per heavy atom. The second-order valence-electron chi connectivity index (χ2n) is 4.94. The largest absolute Gasteiger partial charge is 0.352 e. The number of nitrogens with two attached hydrogens (primary N) is 1. The molecule has 0 fully saturated rings. The van der Waals surface area contributed by atoms with Crippen molar-refractivity contribution in [2.75, 3.05) is 11.9 Å². The Kier molecular flexibility index (Phi) is 6.18. The van der Waals surface area contributed by atoms with Crippen molar-refractivity contribution in [1.82, 2.24) is 5.32 Å². The first-order valence-corrected chi connectivity index (χ1v) is 6.91. The van der Waals surface area contributed by atoms with Crippen molar-refractivity contribution in [2.24, 2.45) is 11.7 Å². The molecular formula is C15H23N3O2. The van der Waals surface area contributed by atoms with E-state index >= 15 is 0 Å². The van der Waals surface area contributed by atoms with Crippen LogP contribution in [0, 0.1) is 5.92 Å². The van der Waals surface area contributed by atoms with Crippen LogP contribution in [0.3, 0.4) is 0 Å². The Morgan fingerprint density at radius 1 is 1.25 bits per heavy atom. The van der Waals surface area contributed by atoms with Gasteiger partial charge in [0.25, 0.3) is 5.91 Å². The minimum absolute atomic E-state index is 0.184. The third kappa shape index (κ3) is 4.35. The van der Waals surface area contributed by atoms with Gasteiger partial charge in [0.1, 0.15) is 0 Å². The summed E-state index contributed by atoms with van der Waals surface area (Å²) < 4.78 is 0. The number of carbonyl (C=O) groups excluding carboxylic acids is 2. The molecule has 1 rings (SSSR count). The van der Waals surface area contributed by atoms with E-state index in [0.717, 1.165) is 6.42 Å². The maximum absolute atomic E-state index is 12.0. The summed E-state index contributed by atoms with van der Waals surface area (Å²) in [6.07, 6.45) is 0.863. The summed E-state index contributed by atoms with van der Waals surface area (Å²) >= 11 is 0. The molecule has 110 valence electrons. The van der Waals surface area contributed by atoms with Crippen molar-refractivity contribution in [1.29, 1.82) is 0 Å². The number of rotatable bonds is 6. The molecule has 1 aromatic rings. The summed E-state index contributed by atoms with van der Waals surface area (Å²) in [7, 11) is 0. The zero-order chi connectivity index (χ0) is 15.1. The highest BCUT2D eigenvalue weighted by molar-refractivity contribution is 6.04. The number of amides is 2. The monoisotopic (exact) mass is 277 g/mol. The predicted octanol–water partition coefficient (Wildman–Crippen LogP) is 1.75. The minimum Gasteiger partial charge on any atom is -0.352 e. The summed E-state index contributed by atoms with van der Waals surface area (Å²) in [4.78, 5) is 24.0. The molecule has 0 aliphatic carbocycles. The lowest BCUT2D eigenvalue weighted by Crippen LogP contribution is -2.35. The Labute approximate surface area is 119 Å². The molecule has 0 heterocycles. The SMILES string of the molecule is CCCNC(=O)c1ccccc1NC(=O)C(C)C(C)N. The zero-order valence-electron chi connectivity index (χ0n) is 12.3. The number of nitrogens with one attached hydrogen (secondary N) is 2. The van der Waals surface area contributed by atoms with Crippen LogP contribution < -0.4 is 16.4 Å². The molecule has 4 N–H and O–H groups in total. The van der Waals surface area contributed by atoms with E-state index in [1.807, 2.05) is 6.92 Å². The summed E-state index contributed by atoms with van der Waals surface area (Å²) in [6, 6.07) is 6.72. The van der Waals surface area contributed by atoms with E-state index in [1.165, 1.54) is 0 Å². The molecule has 0 radical (unpaired) electrons. The molecule has 0 bridgehead atoms. The number of para-hydroxylation sites is 1. The van der Waals surface area contributed by atoms with Gasteiger partial charge in [0.2, 0.25) is 5.91 Å². The molecule has 0 aromatic heterocycles. The van der Waals surface area contributed by atoms with Crippen molar-refractivity contribution >= 4 is 17.5 Å². The average molecular weight is 277 g/mol. The molecule has 5 nitrogen and oxygen atoms in total. The van der Waals surface area contributed by atoms with Crippen LogP contribution in [0.4, 0.5) is 5.69 Å². The molecule has 0 aliphatic rings. The van der Waals surface area contributed by atoms with Gasteiger partial charge in [0, 0.05) is 12.6 Å². The molecule has 0 spiro atoms. The highest BCUT2D eigenvalue weighted by atomic mass is 16.2. The number of hydrogen-bond acceptors (Lipinski definition) is 3. The van der Waals surface area contributed by atoms with Crippen molar-refractivity contribution < 1.29 is 9.59 Å². The summed E-state index contributed by atoms with van der Waals surface area (Å²) in [6.45, 7) is 6.14. The Bertz CT molecular complexity index is 472. The van der Waals surface area contributed by atoms with Crippen molar-refractivity contribution in [3.05, 3.63) is 29.8 Å². The van der Waals surface area contributed by atoms with E-state index in [9.17, 15) is 9.59 Å². The standard InChI is InChI=1S/C15H23N3O2/c1-4-9-17-15(20)12-7-5-6-8-13(12)18-14(19)10(2)11(3)16/h5-8,10-11H,4,9,16H2,1-3H3,(H,17,20)(H,18,19). The highest BCUT2D eigenvalue weighted by Gasteiger charge is 2.19. The van der Waals surface area contributed by atoms with Gasteiger partial charge in [0.15, 0.2) is 0 Å². The van der Waals surface area contributed by atoms with Gasteiger partial charge in [-0.05, 0) is 25.5 Å². The van der Waals surface area contributed by atoms with Crippen LogP contribution in [0.15, 0.2) is 24.3 Å². The molecule has 5 heteroatoms. The van der Waals surface area contributed by atoms with Gasteiger partial charge in [-0.25, -0.2) is 0 Å². The van der Waals surface area contributed by atoms with Crippen LogP contribution in [-0.2, 0) is 4.79 Å². The molecule has 0 saturated carbocycles. The summed E-state index contributed by atoms with van der Waals surface area (Å²) in [5, 5.41) is 5.57. The lowest BCUT2D eigenvalue weighted by atomic mass is 10.0. The fourth-order valence-corrected chi connectivity index (χ4v) is 1.61. The van der Waals surface area contributed by atoms with E-state index < -0.39 is 0 Å². The Hall–Kier alpha value is -1.88. The van der Waals surface area contributed by atoms with Gasteiger partial charge in [-0.1, -0.05) is 26.0 Å². The first-order chi connectivity index (χ1) is 9.47. The summed E-state index contributed by atoms with van der Waals surface area (Å²) in [5.74, 6) is -0.686.